The molecule has 0 bridgehead atoms. The molecule has 1 aliphatic carbocycles. The Hall–Kier alpha value is -0.0400. The zero-order valence-electron chi connectivity index (χ0n) is 13.4. The van der Waals surface area contributed by atoms with E-state index in [-0.39, 0.29) is 0 Å². The van der Waals surface area contributed by atoms with Crippen LogP contribution in [0.15, 0.2) is 0 Å². The molecule has 1 nitrogen and oxygen atoms in total. The summed E-state index contributed by atoms with van der Waals surface area (Å²) < 4.78 is 0. The standard InChI is InChI=1S/C17H35N/c1-6-8-14-9-10-16(18-7-2)15(13-14)11-12-17(3,4)5/h14-16,18H,6-13H2,1-5H3. The lowest BCUT2D eigenvalue weighted by Crippen LogP contribution is -2.41. The van der Waals surface area contributed by atoms with E-state index in [4.69, 9.17) is 0 Å². The van der Waals surface area contributed by atoms with Crippen molar-refractivity contribution in [2.45, 2.75) is 85.6 Å². The summed E-state index contributed by atoms with van der Waals surface area (Å²) >= 11 is 0. The monoisotopic (exact) mass is 253 g/mol. The summed E-state index contributed by atoms with van der Waals surface area (Å²) in [4.78, 5) is 0. The van der Waals surface area contributed by atoms with E-state index in [1.54, 1.807) is 0 Å². The summed E-state index contributed by atoms with van der Waals surface area (Å²) in [7, 11) is 0. The Morgan fingerprint density at radius 2 is 1.78 bits per heavy atom. The fraction of sp³-hybridized carbons (Fsp3) is 1.00. The molecular weight excluding hydrogens is 218 g/mol. The molecule has 0 heterocycles. The summed E-state index contributed by atoms with van der Waals surface area (Å²) in [5, 5.41) is 3.73. The predicted octanol–water partition coefficient (Wildman–Crippen LogP) is 5.01. The zero-order valence-corrected chi connectivity index (χ0v) is 13.4. The summed E-state index contributed by atoms with van der Waals surface area (Å²) in [6.07, 6.45) is 9.94. The van der Waals surface area contributed by atoms with Crippen LogP contribution in [0, 0.1) is 17.3 Å². The highest BCUT2D eigenvalue weighted by Crippen LogP contribution is 2.36. The highest BCUT2D eigenvalue weighted by atomic mass is 14.9. The van der Waals surface area contributed by atoms with Gasteiger partial charge in [-0.05, 0) is 55.9 Å². The van der Waals surface area contributed by atoms with Crippen LogP contribution in [0.4, 0.5) is 0 Å². The van der Waals surface area contributed by atoms with Gasteiger partial charge in [0.2, 0.25) is 0 Å². The van der Waals surface area contributed by atoms with Crippen molar-refractivity contribution in [3.63, 3.8) is 0 Å². The van der Waals surface area contributed by atoms with Crippen molar-refractivity contribution in [1.29, 1.82) is 0 Å². The molecule has 1 heteroatoms. The molecule has 1 aliphatic rings. The largest absolute Gasteiger partial charge is 0.314 e. The number of rotatable bonds is 6. The molecule has 3 atom stereocenters. The Morgan fingerprint density at radius 1 is 1.06 bits per heavy atom. The summed E-state index contributed by atoms with van der Waals surface area (Å²) in [5.41, 5.74) is 0.495. The van der Waals surface area contributed by atoms with Crippen LogP contribution in [0.5, 0.6) is 0 Å². The maximum absolute atomic E-state index is 3.73. The lowest BCUT2D eigenvalue weighted by atomic mass is 9.72. The molecule has 0 amide bonds. The molecule has 0 radical (unpaired) electrons. The maximum atomic E-state index is 3.73. The van der Waals surface area contributed by atoms with Crippen LogP contribution in [-0.4, -0.2) is 12.6 Å². The van der Waals surface area contributed by atoms with Crippen LogP contribution in [0.25, 0.3) is 0 Å². The van der Waals surface area contributed by atoms with Gasteiger partial charge in [-0.25, -0.2) is 0 Å². The first kappa shape index (κ1) is 16.0. The summed E-state index contributed by atoms with van der Waals surface area (Å²) in [6.45, 7) is 12.8. The fourth-order valence-electron chi connectivity index (χ4n) is 3.50. The summed E-state index contributed by atoms with van der Waals surface area (Å²) in [5.74, 6) is 1.93. The molecule has 0 aromatic carbocycles. The quantitative estimate of drug-likeness (QED) is 0.702. The second-order valence-electron chi connectivity index (χ2n) is 7.49. The van der Waals surface area contributed by atoms with Crippen LogP contribution < -0.4 is 5.32 Å². The van der Waals surface area contributed by atoms with E-state index in [1.165, 1.54) is 44.9 Å². The molecule has 0 spiro atoms. The third kappa shape index (κ3) is 5.73. The first-order valence-electron chi connectivity index (χ1n) is 8.19. The van der Waals surface area contributed by atoms with E-state index in [0.29, 0.717) is 5.41 Å². The van der Waals surface area contributed by atoms with Gasteiger partial charge in [0.1, 0.15) is 0 Å². The third-order valence-electron chi connectivity index (χ3n) is 4.52. The Labute approximate surface area is 115 Å². The molecular formula is C17H35N. The van der Waals surface area contributed by atoms with Crippen LogP contribution in [-0.2, 0) is 0 Å². The molecule has 0 aromatic rings. The van der Waals surface area contributed by atoms with Gasteiger partial charge in [-0.15, -0.1) is 0 Å². The topological polar surface area (TPSA) is 12.0 Å². The van der Waals surface area contributed by atoms with Gasteiger partial charge in [0.25, 0.3) is 0 Å². The van der Waals surface area contributed by atoms with Crippen molar-refractivity contribution in [2.24, 2.45) is 17.3 Å². The Kier molecular flexibility index (Phi) is 6.70. The van der Waals surface area contributed by atoms with E-state index < -0.39 is 0 Å². The van der Waals surface area contributed by atoms with E-state index in [1.807, 2.05) is 0 Å². The molecule has 18 heavy (non-hydrogen) atoms. The molecule has 0 saturated heterocycles. The molecule has 0 aromatic heterocycles. The average molecular weight is 253 g/mol. The van der Waals surface area contributed by atoms with Gasteiger partial charge in [-0.1, -0.05) is 47.5 Å². The van der Waals surface area contributed by atoms with E-state index in [2.05, 4.69) is 39.9 Å². The lowest BCUT2D eigenvalue weighted by molar-refractivity contribution is 0.170. The molecule has 1 fully saturated rings. The zero-order chi connectivity index (χ0) is 13.6. The maximum Gasteiger partial charge on any atom is 0.00954 e. The van der Waals surface area contributed by atoms with Gasteiger partial charge in [-0.2, -0.15) is 0 Å². The van der Waals surface area contributed by atoms with Crippen LogP contribution in [0.3, 0.4) is 0 Å². The van der Waals surface area contributed by atoms with E-state index in [9.17, 15) is 0 Å². The minimum atomic E-state index is 0.495. The highest BCUT2D eigenvalue weighted by molar-refractivity contribution is 4.85. The Bertz CT molecular complexity index is 216. The van der Waals surface area contributed by atoms with Crippen molar-refractivity contribution in [1.82, 2.24) is 5.32 Å². The van der Waals surface area contributed by atoms with E-state index >= 15 is 0 Å². The van der Waals surface area contributed by atoms with Gasteiger partial charge >= 0.3 is 0 Å². The van der Waals surface area contributed by atoms with Crippen molar-refractivity contribution < 1.29 is 0 Å². The number of hydrogen-bond acceptors (Lipinski definition) is 1. The van der Waals surface area contributed by atoms with Crippen molar-refractivity contribution in [3.05, 3.63) is 0 Å². The molecule has 3 unspecified atom stereocenters. The van der Waals surface area contributed by atoms with Gasteiger partial charge in [-0.3, -0.25) is 0 Å². The van der Waals surface area contributed by atoms with Crippen LogP contribution in [0.2, 0.25) is 0 Å². The molecule has 1 saturated carbocycles. The second-order valence-corrected chi connectivity index (χ2v) is 7.49. The minimum Gasteiger partial charge on any atom is -0.314 e. The molecule has 1 N–H and O–H groups in total. The SMILES string of the molecule is CCCC1CCC(NCC)C(CCC(C)(C)C)C1. The van der Waals surface area contributed by atoms with Crippen LogP contribution >= 0.6 is 0 Å². The normalized spacial score (nSPS) is 29.5. The average Bonchev–Trinajstić information content (AvgIpc) is 2.29. The minimum absolute atomic E-state index is 0.495. The van der Waals surface area contributed by atoms with Gasteiger partial charge < -0.3 is 5.32 Å². The van der Waals surface area contributed by atoms with Crippen molar-refractivity contribution >= 4 is 0 Å². The first-order valence-corrected chi connectivity index (χ1v) is 8.19. The Balaban J connectivity index is 2.49. The van der Waals surface area contributed by atoms with Crippen molar-refractivity contribution in [2.75, 3.05) is 6.54 Å². The fourth-order valence-corrected chi connectivity index (χ4v) is 3.50. The summed E-state index contributed by atoms with van der Waals surface area (Å²) in [6, 6.07) is 0.797. The molecule has 1 rings (SSSR count). The van der Waals surface area contributed by atoms with Gasteiger partial charge in [0.05, 0.1) is 0 Å². The van der Waals surface area contributed by atoms with Gasteiger partial charge in [0.15, 0.2) is 0 Å². The van der Waals surface area contributed by atoms with E-state index in [0.717, 1.165) is 24.4 Å². The predicted molar refractivity (Wildman–Crippen MR) is 81.9 cm³/mol. The smallest absolute Gasteiger partial charge is 0.00954 e. The number of nitrogens with one attached hydrogen (secondary N) is 1. The molecule has 0 aliphatic heterocycles. The highest BCUT2D eigenvalue weighted by Gasteiger charge is 2.30. The molecule has 108 valence electrons. The van der Waals surface area contributed by atoms with Gasteiger partial charge in [0, 0.05) is 6.04 Å². The number of hydrogen-bond donors (Lipinski definition) is 1. The van der Waals surface area contributed by atoms with Crippen molar-refractivity contribution in [3.8, 4) is 0 Å². The Morgan fingerprint density at radius 3 is 2.33 bits per heavy atom. The first-order chi connectivity index (χ1) is 8.46. The second kappa shape index (κ2) is 7.53. The third-order valence-corrected chi connectivity index (χ3v) is 4.52. The lowest BCUT2D eigenvalue weighted by Gasteiger charge is -2.38. The van der Waals surface area contributed by atoms with Crippen LogP contribution in [0.1, 0.15) is 79.6 Å².